The molecule has 0 unspecified atom stereocenters. The summed E-state index contributed by atoms with van der Waals surface area (Å²) >= 11 is 0. The molecule has 0 bridgehead atoms. The summed E-state index contributed by atoms with van der Waals surface area (Å²) < 4.78 is 35.2. The molecule has 0 spiro atoms. The van der Waals surface area contributed by atoms with Gasteiger partial charge in [-0.15, -0.1) is 0 Å². The van der Waals surface area contributed by atoms with Gasteiger partial charge in [-0.25, -0.2) is 8.78 Å². The molecule has 5 heteroatoms. The van der Waals surface area contributed by atoms with Crippen molar-refractivity contribution < 1.29 is 13.5 Å². The number of benzene rings is 3. The van der Waals surface area contributed by atoms with Crippen molar-refractivity contribution >= 4 is 17.1 Å². The van der Waals surface area contributed by atoms with E-state index in [0.29, 0.717) is 29.2 Å². The molecule has 1 heterocycles. The number of nitrogens with zero attached hydrogens (tertiary/aromatic N) is 1. The molecule has 0 radical (unpaired) electrons. The third-order valence-electron chi connectivity index (χ3n) is 5.12. The van der Waals surface area contributed by atoms with E-state index in [0.717, 1.165) is 17.3 Å². The number of anilines is 3. The van der Waals surface area contributed by atoms with Crippen molar-refractivity contribution in [3.8, 4) is 5.75 Å². The van der Waals surface area contributed by atoms with E-state index in [4.69, 9.17) is 10.5 Å². The van der Waals surface area contributed by atoms with E-state index in [9.17, 15) is 8.78 Å². The van der Waals surface area contributed by atoms with Gasteiger partial charge in [0.2, 0.25) is 0 Å². The Hall–Kier alpha value is -3.08. The highest BCUT2D eigenvalue weighted by atomic mass is 19.2. The van der Waals surface area contributed by atoms with E-state index in [1.165, 1.54) is 0 Å². The standard InChI is InChI=1S/C23H22F2N2O/c1-23(2)14-27(18-11-7-6-10-17(18)26)22-19(12-16(24)21(25)20(22)23)28-13-15-8-4-3-5-9-15/h3-12H,13-14,26H2,1-2H3. The molecule has 4 rings (SSSR count). The predicted octanol–water partition coefficient (Wildman–Crippen LogP) is 5.56. The van der Waals surface area contributed by atoms with Crippen molar-refractivity contribution in [2.24, 2.45) is 0 Å². The number of hydrogen-bond acceptors (Lipinski definition) is 3. The summed E-state index contributed by atoms with van der Waals surface area (Å²) in [6.45, 7) is 4.53. The highest BCUT2D eigenvalue weighted by Crippen LogP contribution is 2.51. The second-order valence-corrected chi connectivity index (χ2v) is 7.70. The van der Waals surface area contributed by atoms with Gasteiger partial charge in [-0.05, 0) is 17.7 Å². The van der Waals surface area contributed by atoms with Crippen LogP contribution in [0.1, 0.15) is 25.0 Å². The van der Waals surface area contributed by atoms with Crippen LogP contribution in [-0.4, -0.2) is 6.54 Å². The maximum Gasteiger partial charge on any atom is 0.164 e. The fourth-order valence-corrected chi connectivity index (χ4v) is 3.82. The van der Waals surface area contributed by atoms with Crippen LogP contribution in [-0.2, 0) is 12.0 Å². The second kappa shape index (κ2) is 6.82. The van der Waals surface area contributed by atoms with Crippen molar-refractivity contribution in [1.29, 1.82) is 0 Å². The zero-order valence-electron chi connectivity index (χ0n) is 15.9. The molecule has 28 heavy (non-hydrogen) atoms. The van der Waals surface area contributed by atoms with Gasteiger partial charge in [0.05, 0.1) is 17.1 Å². The number of ether oxygens (including phenoxy) is 1. The predicted molar refractivity (Wildman–Crippen MR) is 108 cm³/mol. The lowest BCUT2D eigenvalue weighted by molar-refractivity contribution is 0.304. The summed E-state index contributed by atoms with van der Waals surface area (Å²) in [5.41, 5.74) is 8.71. The number of hydrogen-bond donors (Lipinski definition) is 1. The minimum absolute atomic E-state index is 0.261. The highest BCUT2D eigenvalue weighted by Gasteiger charge is 2.42. The fraction of sp³-hybridized carbons (Fsp3) is 0.217. The molecular formula is C23H22F2N2O. The average Bonchev–Trinajstić information content (AvgIpc) is 2.96. The van der Waals surface area contributed by atoms with Crippen molar-refractivity contribution in [2.75, 3.05) is 17.2 Å². The van der Waals surface area contributed by atoms with Gasteiger partial charge in [-0.2, -0.15) is 0 Å². The van der Waals surface area contributed by atoms with Crippen LogP contribution in [0, 0.1) is 11.6 Å². The number of rotatable bonds is 4. The molecule has 144 valence electrons. The van der Waals surface area contributed by atoms with Gasteiger partial charge in [-0.3, -0.25) is 0 Å². The topological polar surface area (TPSA) is 38.5 Å². The van der Waals surface area contributed by atoms with Gasteiger partial charge in [0.15, 0.2) is 11.6 Å². The summed E-state index contributed by atoms with van der Waals surface area (Å²) in [7, 11) is 0. The van der Waals surface area contributed by atoms with Crippen LogP contribution in [0.15, 0.2) is 60.7 Å². The Morgan fingerprint density at radius 2 is 1.71 bits per heavy atom. The monoisotopic (exact) mass is 380 g/mol. The molecular weight excluding hydrogens is 358 g/mol. The van der Waals surface area contributed by atoms with E-state index in [1.807, 2.05) is 67.3 Å². The summed E-state index contributed by atoms with van der Waals surface area (Å²) in [6, 6.07) is 18.1. The van der Waals surface area contributed by atoms with Crippen LogP contribution < -0.4 is 15.4 Å². The largest absolute Gasteiger partial charge is 0.487 e. The van der Waals surface area contributed by atoms with Crippen LogP contribution in [0.3, 0.4) is 0 Å². The molecule has 3 aromatic carbocycles. The van der Waals surface area contributed by atoms with Crippen molar-refractivity contribution in [2.45, 2.75) is 25.9 Å². The lowest BCUT2D eigenvalue weighted by Crippen LogP contribution is -2.26. The van der Waals surface area contributed by atoms with Gasteiger partial charge in [-0.1, -0.05) is 56.3 Å². The van der Waals surface area contributed by atoms with Crippen LogP contribution in [0.25, 0.3) is 0 Å². The van der Waals surface area contributed by atoms with Crippen LogP contribution >= 0.6 is 0 Å². The minimum atomic E-state index is -0.905. The molecule has 0 amide bonds. The molecule has 0 aliphatic carbocycles. The van der Waals surface area contributed by atoms with Crippen LogP contribution in [0.4, 0.5) is 25.8 Å². The zero-order chi connectivity index (χ0) is 19.9. The number of para-hydroxylation sites is 2. The van der Waals surface area contributed by atoms with Gasteiger partial charge < -0.3 is 15.4 Å². The Morgan fingerprint density at radius 3 is 2.43 bits per heavy atom. The van der Waals surface area contributed by atoms with Crippen molar-refractivity contribution in [1.82, 2.24) is 0 Å². The third kappa shape index (κ3) is 3.07. The Morgan fingerprint density at radius 1 is 1.04 bits per heavy atom. The molecule has 2 N–H and O–H groups in total. The molecule has 0 saturated carbocycles. The van der Waals surface area contributed by atoms with E-state index < -0.39 is 17.0 Å². The zero-order valence-corrected chi connectivity index (χ0v) is 15.9. The third-order valence-corrected chi connectivity index (χ3v) is 5.12. The molecule has 1 aliphatic heterocycles. The first kappa shape index (κ1) is 18.3. The second-order valence-electron chi connectivity index (χ2n) is 7.70. The average molecular weight is 380 g/mol. The van der Waals surface area contributed by atoms with E-state index in [2.05, 4.69) is 0 Å². The smallest absolute Gasteiger partial charge is 0.164 e. The molecule has 1 aliphatic rings. The van der Waals surface area contributed by atoms with E-state index in [-0.39, 0.29) is 6.61 Å². The van der Waals surface area contributed by atoms with Gasteiger partial charge >= 0.3 is 0 Å². The maximum absolute atomic E-state index is 14.8. The number of nitrogen functional groups attached to an aromatic ring is 1. The molecule has 0 atom stereocenters. The molecule has 3 nitrogen and oxygen atoms in total. The minimum Gasteiger partial charge on any atom is -0.487 e. The van der Waals surface area contributed by atoms with E-state index in [1.54, 1.807) is 6.07 Å². The number of nitrogens with two attached hydrogens (primary N) is 1. The molecule has 0 aromatic heterocycles. The Kier molecular flexibility index (Phi) is 4.46. The first-order valence-corrected chi connectivity index (χ1v) is 9.20. The first-order chi connectivity index (χ1) is 13.4. The van der Waals surface area contributed by atoms with Crippen molar-refractivity contribution in [3.63, 3.8) is 0 Å². The highest BCUT2D eigenvalue weighted by molar-refractivity contribution is 5.83. The van der Waals surface area contributed by atoms with Crippen molar-refractivity contribution in [3.05, 3.63) is 83.4 Å². The van der Waals surface area contributed by atoms with E-state index >= 15 is 0 Å². The Balaban J connectivity index is 1.83. The summed E-state index contributed by atoms with van der Waals surface area (Å²) in [4.78, 5) is 1.92. The first-order valence-electron chi connectivity index (χ1n) is 9.20. The van der Waals surface area contributed by atoms with Gasteiger partial charge in [0, 0.05) is 23.6 Å². The summed E-state index contributed by atoms with van der Waals surface area (Å²) in [5.74, 6) is -1.42. The Labute approximate surface area is 163 Å². The van der Waals surface area contributed by atoms with Gasteiger partial charge in [0.25, 0.3) is 0 Å². The normalized spacial score (nSPS) is 14.8. The molecule has 0 fully saturated rings. The SMILES string of the molecule is CC1(C)CN(c2ccccc2N)c2c(OCc3ccccc3)cc(F)c(F)c21. The van der Waals surface area contributed by atoms with Crippen LogP contribution in [0.2, 0.25) is 0 Å². The van der Waals surface area contributed by atoms with Gasteiger partial charge in [0.1, 0.15) is 12.4 Å². The maximum atomic E-state index is 14.8. The lowest BCUT2D eigenvalue weighted by atomic mass is 9.86. The fourth-order valence-electron chi connectivity index (χ4n) is 3.82. The summed E-state index contributed by atoms with van der Waals surface area (Å²) in [6.07, 6.45) is 0. The molecule has 3 aromatic rings. The number of fused-ring (bicyclic) bond motifs is 1. The van der Waals surface area contributed by atoms with Crippen LogP contribution in [0.5, 0.6) is 5.75 Å². The quantitative estimate of drug-likeness (QED) is 0.603. The number of halogens is 2. The lowest BCUT2D eigenvalue weighted by Gasteiger charge is -2.24. The summed E-state index contributed by atoms with van der Waals surface area (Å²) in [5, 5.41) is 0. The molecule has 0 saturated heterocycles. The Bertz CT molecular complexity index is 1020.